The molecule has 0 radical (unpaired) electrons. The van der Waals surface area contributed by atoms with Crippen molar-refractivity contribution in [2.24, 2.45) is 5.41 Å². The maximum atomic E-state index is 14.8. The molecule has 188 valence electrons. The van der Waals surface area contributed by atoms with Gasteiger partial charge in [0.2, 0.25) is 0 Å². The van der Waals surface area contributed by atoms with Crippen molar-refractivity contribution >= 4 is 11.7 Å². The molecule has 2 aliphatic rings. The summed E-state index contributed by atoms with van der Waals surface area (Å²) in [6, 6.07) is 10.5. The van der Waals surface area contributed by atoms with Crippen LogP contribution in [0.1, 0.15) is 46.6 Å². The highest BCUT2D eigenvalue weighted by Gasteiger charge is 2.53. The predicted molar refractivity (Wildman–Crippen MR) is 128 cm³/mol. The Hall–Kier alpha value is -3.49. The van der Waals surface area contributed by atoms with Crippen LogP contribution in [0.5, 0.6) is 0 Å². The first-order valence-corrected chi connectivity index (χ1v) is 11.9. The molecule has 1 aromatic carbocycles. The Morgan fingerprint density at radius 3 is 2.50 bits per heavy atom. The molecule has 1 saturated heterocycles. The number of anilines is 1. The number of hydrogen-bond donors (Lipinski definition) is 1. The summed E-state index contributed by atoms with van der Waals surface area (Å²) in [5, 5.41) is 3.09. The molecule has 3 aromatic rings. The van der Waals surface area contributed by atoms with Gasteiger partial charge in [-0.1, -0.05) is 18.2 Å². The minimum atomic E-state index is -4.45. The van der Waals surface area contributed by atoms with Crippen LogP contribution >= 0.6 is 0 Å². The van der Waals surface area contributed by atoms with E-state index in [2.05, 4.69) is 15.3 Å². The van der Waals surface area contributed by atoms with E-state index in [1.54, 1.807) is 43.0 Å². The molecule has 1 spiro atoms. The van der Waals surface area contributed by atoms with Crippen LogP contribution in [0.15, 0.2) is 48.7 Å². The van der Waals surface area contributed by atoms with Gasteiger partial charge in [-0.15, -0.1) is 0 Å². The SMILES string of the molecule is Cc1ccc(-c2ccc(C)nc2C(=O)N2CC3(CC3)C[C@H]2CNc2ccc(C(F)(F)F)cn2)c(F)c1. The van der Waals surface area contributed by atoms with Crippen LogP contribution in [0.4, 0.5) is 23.4 Å². The molecule has 2 fully saturated rings. The Balaban J connectivity index is 1.40. The summed E-state index contributed by atoms with van der Waals surface area (Å²) in [6.07, 6.45) is -0.833. The molecule has 1 N–H and O–H groups in total. The zero-order valence-corrected chi connectivity index (χ0v) is 20.0. The number of amides is 1. The number of pyridine rings is 2. The third kappa shape index (κ3) is 4.79. The Morgan fingerprint density at radius 1 is 1.11 bits per heavy atom. The van der Waals surface area contributed by atoms with Crippen molar-refractivity contribution in [3.63, 3.8) is 0 Å². The summed E-state index contributed by atoms with van der Waals surface area (Å²) in [6.45, 7) is 4.50. The van der Waals surface area contributed by atoms with Gasteiger partial charge in [-0.3, -0.25) is 4.79 Å². The van der Waals surface area contributed by atoms with Crippen LogP contribution in [0, 0.1) is 25.1 Å². The number of hydrogen-bond acceptors (Lipinski definition) is 4. The highest BCUT2D eigenvalue weighted by atomic mass is 19.4. The number of carbonyl (C=O) groups is 1. The van der Waals surface area contributed by atoms with Crippen LogP contribution < -0.4 is 5.32 Å². The van der Waals surface area contributed by atoms with E-state index in [0.717, 1.165) is 37.1 Å². The van der Waals surface area contributed by atoms with Gasteiger partial charge >= 0.3 is 6.18 Å². The fraction of sp³-hybridized carbons (Fsp3) is 0.370. The second-order valence-electron chi connectivity index (χ2n) is 9.93. The topological polar surface area (TPSA) is 58.1 Å². The molecule has 1 aliphatic heterocycles. The fourth-order valence-corrected chi connectivity index (χ4v) is 4.92. The van der Waals surface area contributed by atoms with E-state index in [4.69, 9.17) is 0 Å². The first-order chi connectivity index (χ1) is 17.0. The molecule has 5 rings (SSSR count). The monoisotopic (exact) mass is 498 g/mol. The predicted octanol–water partition coefficient (Wildman–Crippen LogP) is 6.03. The van der Waals surface area contributed by atoms with E-state index in [9.17, 15) is 22.4 Å². The number of nitrogens with zero attached hydrogens (tertiary/aromatic N) is 3. The van der Waals surface area contributed by atoms with E-state index < -0.39 is 17.6 Å². The normalized spacial score (nSPS) is 18.5. The molecule has 36 heavy (non-hydrogen) atoms. The molecule has 1 atom stereocenters. The largest absolute Gasteiger partial charge is 0.417 e. The number of rotatable bonds is 5. The van der Waals surface area contributed by atoms with Crippen molar-refractivity contribution in [2.75, 3.05) is 18.4 Å². The average Bonchev–Trinajstić information content (AvgIpc) is 3.48. The summed E-state index contributed by atoms with van der Waals surface area (Å²) in [7, 11) is 0. The maximum Gasteiger partial charge on any atom is 0.417 e. The summed E-state index contributed by atoms with van der Waals surface area (Å²) < 4.78 is 53.4. The third-order valence-electron chi connectivity index (χ3n) is 7.09. The van der Waals surface area contributed by atoms with Gasteiger partial charge in [0.1, 0.15) is 17.3 Å². The van der Waals surface area contributed by atoms with Crippen molar-refractivity contribution in [1.29, 1.82) is 0 Å². The second kappa shape index (κ2) is 8.87. The first kappa shape index (κ1) is 24.2. The zero-order chi connectivity index (χ0) is 25.7. The van der Waals surface area contributed by atoms with E-state index in [-0.39, 0.29) is 23.1 Å². The highest BCUT2D eigenvalue weighted by Crippen LogP contribution is 2.55. The van der Waals surface area contributed by atoms with Crippen molar-refractivity contribution in [1.82, 2.24) is 14.9 Å². The smallest absolute Gasteiger partial charge is 0.368 e. The number of aryl methyl sites for hydroxylation is 2. The Bertz CT molecular complexity index is 1300. The van der Waals surface area contributed by atoms with Crippen molar-refractivity contribution in [2.45, 2.75) is 45.3 Å². The molecule has 1 amide bonds. The van der Waals surface area contributed by atoms with Gasteiger partial charge in [0.05, 0.1) is 5.56 Å². The molecule has 9 heteroatoms. The molecule has 5 nitrogen and oxygen atoms in total. The molecule has 0 unspecified atom stereocenters. The van der Waals surface area contributed by atoms with Crippen LogP contribution in [0.3, 0.4) is 0 Å². The Labute approximate surface area is 206 Å². The number of halogens is 4. The van der Waals surface area contributed by atoms with Gasteiger partial charge in [-0.2, -0.15) is 13.2 Å². The lowest BCUT2D eigenvalue weighted by Gasteiger charge is -2.26. The standard InChI is InChI=1S/C27H26F4N4O/c1-16-3-6-20(22(28)11-16)21-7-4-17(2)34-24(21)25(36)35-15-26(9-10-26)12-19(35)14-33-23-8-5-18(13-32-23)27(29,30)31/h3-8,11,13,19H,9-10,12,14-15H2,1-2H3,(H,32,33)/t19-/m0/s1. The van der Waals surface area contributed by atoms with Gasteiger partial charge < -0.3 is 10.2 Å². The lowest BCUT2D eigenvalue weighted by Crippen LogP contribution is -2.40. The number of nitrogens with one attached hydrogen (secondary N) is 1. The van der Waals surface area contributed by atoms with Crippen molar-refractivity contribution in [3.8, 4) is 11.1 Å². The molecule has 0 bridgehead atoms. The second-order valence-corrected chi connectivity index (χ2v) is 9.93. The lowest BCUT2D eigenvalue weighted by atomic mass is 10.0. The van der Waals surface area contributed by atoms with E-state index in [1.165, 1.54) is 12.1 Å². The van der Waals surface area contributed by atoms with E-state index >= 15 is 0 Å². The Kier molecular flexibility index (Phi) is 5.97. The van der Waals surface area contributed by atoms with Crippen molar-refractivity contribution < 1.29 is 22.4 Å². The van der Waals surface area contributed by atoms with E-state index in [1.807, 2.05) is 0 Å². The third-order valence-corrected chi connectivity index (χ3v) is 7.09. The van der Waals surface area contributed by atoms with Gasteiger partial charge in [-0.25, -0.2) is 14.4 Å². The summed E-state index contributed by atoms with van der Waals surface area (Å²) in [5.41, 5.74) is 1.64. The van der Waals surface area contributed by atoms with Gasteiger partial charge in [0.25, 0.3) is 5.91 Å². The molecule has 1 aliphatic carbocycles. The number of likely N-dealkylation sites (tertiary alicyclic amines) is 1. The highest BCUT2D eigenvalue weighted by molar-refractivity contribution is 5.99. The summed E-state index contributed by atoms with van der Waals surface area (Å²) >= 11 is 0. The zero-order valence-electron chi connectivity index (χ0n) is 20.0. The number of carbonyl (C=O) groups excluding carboxylic acids is 1. The van der Waals surface area contributed by atoms with Gasteiger partial charge in [0, 0.05) is 42.1 Å². The minimum Gasteiger partial charge on any atom is -0.368 e. The number of alkyl halides is 3. The van der Waals surface area contributed by atoms with Crippen LogP contribution in [0.2, 0.25) is 0 Å². The molecule has 1 saturated carbocycles. The van der Waals surface area contributed by atoms with E-state index in [0.29, 0.717) is 35.7 Å². The van der Waals surface area contributed by atoms with Gasteiger partial charge in [0.15, 0.2) is 0 Å². The molecular formula is C27H26F4N4O. The summed E-state index contributed by atoms with van der Waals surface area (Å²) in [5.74, 6) is -0.380. The maximum absolute atomic E-state index is 14.8. The fourth-order valence-electron chi connectivity index (χ4n) is 4.92. The quantitative estimate of drug-likeness (QED) is 0.437. The van der Waals surface area contributed by atoms with Crippen LogP contribution in [-0.2, 0) is 6.18 Å². The molecule has 2 aromatic heterocycles. The van der Waals surface area contributed by atoms with Crippen LogP contribution in [-0.4, -0.2) is 39.9 Å². The minimum absolute atomic E-state index is 0.0642. The Morgan fingerprint density at radius 2 is 1.86 bits per heavy atom. The average molecular weight is 499 g/mol. The first-order valence-electron chi connectivity index (χ1n) is 11.9. The lowest BCUT2D eigenvalue weighted by molar-refractivity contribution is -0.137. The van der Waals surface area contributed by atoms with Crippen LogP contribution in [0.25, 0.3) is 11.1 Å². The molecule has 3 heterocycles. The number of aromatic nitrogens is 2. The van der Waals surface area contributed by atoms with Crippen molar-refractivity contribution in [3.05, 3.63) is 77.0 Å². The number of benzene rings is 1. The summed E-state index contributed by atoms with van der Waals surface area (Å²) in [4.78, 5) is 24.0. The van der Waals surface area contributed by atoms with Gasteiger partial charge in [-0.05, 0) is 68.4 Å². The molecular weight excluding hydrogens is 472 g/mol.